The van der Waals surface area contributed by atoms with Gasteiger partial charge in [0, 0.05) is 19.0 Å². The fourth-order valence-corrected chi connectivity index (χ4v) is 2.79. The number of benzene rings is 1. The molecule has 1 heterocycles. The predicted molar refractivity (Wildman–Crippen MR) is 80.3 cm³/mol. The van der Waals surface area contributed by atoms with Crippen molar-refractivity contribution in [2.75, 3.05) is 13.1 Å². The third-order valence-electron chi connectivity index (χ3n) is 3.95. The van der Waals surface area contributed by atoms with Crippen molar-refractivity contribution in [2.24, 2.45) is 11.7 Å². The summed E-state index contributed by atoms with van der Waals surface area (Å²) in [5.41, 5.74) is 5.88. The van der Waals surface area contributed by atoms with E-state index in [-0.39, 0.29) is 42.8 Å². The van der Waals surface area contributed by atoms with E-state index < -0.39 is 11.6 Å². The van der Waals surface area contributed by atoms with Gasteiger partial charge in [0.1, 0.15) is 0 Å². The van der Waals surface area contributed by atoms with E-state index >= 15 is 0 Å². The maximum absolute atomic E-state index is 13.5. The van der Waals surface area contributed by atoms with Crippen molar-refractivity contribution in [3.63, 3.8) is 0 Å². The monoisotopic (exact) mass is 318 g/mol. The van der Waals surface area contributed by atoms with Gasteiger partial charge in [-0.25, -0.2) is 8.78 Å². The molecule has 2 atom stereocenters. The van der Waals surface area contributed by atoms with Crippen LogP contribution in [0, 0.1) is 17.6 Å². The van der Waals surface area contributed by atoms with Gasteiger partial charge >= 0.3 is 0 Å². The van der Waals surface area contributed by atoms with E-state index in [9.17, 15) is 13.6 Å². The molecule has 0 aliphatic carbocycles. The van der Waals surface area contributed by atoms with Crippen molar-refractivity contribution in [2.45, 2.75) is 32.2 Å². The molecule has 0 saturated carbocycles. The molecule has 1 aromatic carbocycles. The minimum absolute atomic E-state index is 0. The Morgan fingerprint density at radius 1 is 1.43 bits per heavy atom. The molecule has 118 valence electrons. The van der Waals surface area contributed by atoms with E-state index in [1.54, 1.807) is 4.90 Å². The van der Waals surface area contributed by atoms with Gasteiger partial charge in [-0.05, 0) is 43.9 Å². The van der Waals surface area contributed by atoms with Gasteiger partial charge in [-0.2, -0.15) is 0 Å². The number of carbonyl (C=O) groups is 1. The summed E-state index contributed by atoms with van der Waals surface area (Å²) in [6, 6.07) is 4.23. The fraction of sp³-hybridized carbons (Fsp3) is 0.533. The molecule has 1 fully saturated rings. The number of hydrogen-bond acceptors (Lipinski definition) is 2. The summed E-state index contributed by atoms with van der Waals surface area (Å²) in [4.78, 5) is 14.0. The van der Waals surface area contributed by atoms with Gasteiger partial charge < -0.3 is 10.6 Å². The number of carbonyl (C=O) groups excluding carboxylic acids is 1. The highest BCUT2D eigenvalue weighted by Crippen LogP contribution is 2.23. The lowest BCUT2D eigenvalue weighted by Gasteiger charge is -2.21. The van der Waals surface area contributed by atoms with Crippen LogP contribution in [-0.4, -0.2) is 29.9 Å². The van der Waals surface area contributed by atoms with Crippen LogP contribution in [0.15, 0.2) is 18.2 Å². The predicted octanol–water partition coefficient (Wildman–Crippen LogP) is 2.51. The zero-order valence-electron chi connectivity index (χ0n) is 12.0. The second-order valence-corrected chi connectivity index (χ2v) is 5.45. The van der Waals surface area contributed by atoms with Gasteiger partial charge in [0.2, 0.25) is 5.91 Å². The van der Waals surface area contributed by atoms with Crippen LogP contribution in [0.25, 0.3) is 0 Å². The molecular weight excluding hydrogens is 298 g/mol. The van der Waals surface area contributed by atoms with Crippen LogP contribution in [0.4, 0.5) is 8.78 Å². The maximum atomic E-state index is 13.5. The van der Waals surface area contributed by atoms with E-state index in [0.29, 0.717) is 19.0 Å². The molecule has 2 N–H and O–H groups in total. The lowest BCUT2D eigenvalue weighted by molar-refractivity contribution is -0.131. The minimum atomic E-state index is -0.868. The second kappa shape index (κ2) is 7.71. The Morgan fingerprint density at radius 2 is 2.14 bits per heavy atom. The normalized spacial score (nSPS) is 21.2. The first kappa shape index (κ1) is 17.9. The zero-order valence-corrected chi connectivity index (χ0v) is 12.8. The van der Waals surface area contributed by atoms with Gasteiger partial charge in [0.25, 0.3) is 0 Å². The van der Waals surface area contributed by atoms with E-state index in [1.807, 2.05) is 6.92 Å². The Hall–Kier alpha value is -1.20. The van der Waals surface area contributed by atoms with Gasteiger partial charge in [-0.1, -0.05) is 12.1 Å². The van der Waals surface area contributed by atoms with E-state index in [2.05, 4.69) is 0 Å². The molecule has 2 unspecified atom stereocenters. The van der Waals surface area contributed by atoms with Crippen molar-refractivity contribution in [1.29, 1.82) is 0 Å². The smallest absolute Gasteiger partial charge is 0.223 e. The van der Waals surface area contributed by atoms with E-state index in [4.69, 9.17) is 5.73 Å². The summed E-state index contributed by atoms with van der Waals surface area (Å²) in [6.07, 6.45) is 1.33. The molecule has 1 aliphatic rings. The van der Waals surface area contributed by atoms with Crippen molar-refractivity contribution in [3.8, 4) is 0 Å². The fourth-order valence-electron chi connectivity index (χ4n) is 2.79. The highest BCUT2D eigenvalue weighted by Gasteiger charge is 2.31. The van der Waals surface area contributed by atoms with Gasteiger partial charge in [0.05, 0.1) is 0 Å². The molecule has 21 heavy (non-hydrogen) atoms. The van der Waals surface area contributed by atoms with Crippen molar-refractivity contribution >= 4 is 18.3 Å². The summed E-state index contributed by atoms with van der Waals surface area (Å²) in [7, 11) is 0. The van der Waals surface area contributed by atoms with Gasteiger partial charge in [0.15, 0.2) is 11.6 Å². The molecule has 1 aliphatic heterocycles. The van der Waals surface area contributed by atoms with Crippen LogP contribution >= 0.6 is 12.4 Å². The minimum Gasteiger partial charge on any atom is -0.340 e. The molecule has 0 spiro atoms. The van der Waals surface area contributed by atoms with Gasteiger partial charge in [-0.15, -0.1) is 12.4 Å². The van der Waals surface area contributed by atoms with E-state index in [0.717, 1.165) is 12.5 Å². The molecule has 0 radical (unpaired) electrons. The number of likely N-dealkylation sites (tertiary alicyclic amines) is 1. The first-order valence-corrected chi connectivity index (χ1v) is 6.95. The molecule has 6 heteroatoms. The Bertz CT molecular complexity index is 499. The van der Waals surface area contributed by atoms with Crippen molar-refractivity contribution in [3.05, 3.63) is 35.4 Å². The lowest BCUT2D eigenvalue weighted by Crippen LogP contribution is -2.34. The maximum Gasteiger partial charge on any atom is 0.223 e. The average Bonchev–Trinajstić information content (AvgIpc) is 2.81. The number of aryl methyl sites for hydroxylation is 1. The second-order valence-electron chi connectivity index (χ2n) is 5.45. The first-order valence-electron chi connectivity index (χ1n) is 6.95. The van der Waals surface area contributed by atoms with Crippen LogP contribution in [0.1, 0.15) is 25.3 Å². The van der Waals surface area contributed by atoms with Crippen LogP contribution < -0.4 is 5.73 Å². The van der Waals surface area contributed by atoms with Gasteiger partial charge in [-0.3, -0.25) is 4.79 Å². The van der Waals surface area contributed by atoms with Crippen LogP contribution in [0.5, 0.6) is 0 Å². The summed E-state index contributed by atoms with van der Waals surface area (Å²) in [5.74, 6) is -1.39. The van der Waals surface area contributed by atoms with Crippen molar-refractivity contribution < 1.29 is 13.6 Å². The first-order chi connectivity index (χ1) is 9.52. The third kappa shape index (κ3) is 4.14. The number of nitrogens with zero attached hydrogens (tertiary/aromatic N) is 1. The molecule has 0 aromatic heterocycles. The topological polar surface area (TPSA) is 46.3 Å². The molecule has 1 saturated heterocycles. The molecule has 2 rings (SSSR count). The molecule has 0 bridgehead atoms. The van der Waals surface area contributed by atoms with Crippen molar-refractivity contribution in [1.82, 2.24) is 4.90 Å². The van der Waals surface area contributed by atoms with Crippen LogP contribution in [0.3, 0.4) is 0 Å². The summed E-state index contributed by atoms with van der Waals surface area (Å²) < 4.78 is 26.6. The number of rotatable bonds is 4. The molecule has 3 nitrogen and oxygen atoms in total. The standard InChI is InChI=1S/C15H20F2N2O.ClH/c1-10-7-11(8-18)9-19(10)14(20)6-5-12-3-2-4-13(16)15(12)17;/h2-4,10-11H,5-9,18H2,1H3;1H. The highest BCUT2D eigenvalue weighted by molar-refractivity contribution is 5.85. The zero-order chi connectivity index (χ0) is 14.7. The number of amides is 1. The lowest BCUT2D eigenvalue weighted by atomic mass is 10.1. The molecule has 1 amide bonds. The molecular formula is C15H21ClF2N2O. The quantitative estimate of drug-likeness (QED) is 0.927. The summed E-state index contributed by atoms with van der Waals surface area (Å²) in [6.45, 7) is 3.24. The average molecular weight is 319 g/mol. The van der Waals surface area contributed by atoms with E-state index in [1.165, 1.54) is 12.1 Å². The van der Waals surface area contributed by atoms with Crippen LogP contribution in [-0.2, 0) is 11.2 Å². The molecule has 1 aromatic rings. The third-order valence-corrected chi connectivity index (χ3v) is 3.95. The number of nitrogens with two attached hydrogens (primary N) is 1. The largest absolute Gasteiger partial charge is 0.340 e. The summed E-state index contributed by atoms with van der Waals surface area (Å²) in [5, 5.41) is 0. The Labute approximate surface area is 129 Å². The number of hydrogen-bond donors (Lipinski definition) is 1. The SMILES string of the molecule is CC1CC(CN)CN1C(=O)CCc1cccc(F)c1F.Cl. The Kier molecular flexibility index (Phi) is 6.55. The summed E-state index contributed by atoms with van der Waals surface area (Å²) >= 11 is 0. The van der Waals surface area contributed by atoms with Crippen LogP contribution in [0.2, 0.25) is 0 Å². The Balaban J connectivity index is 0.00000220. The number of halogens is 3. The Morgan fingerprint density at radius 3 is 2.76 bits per heavy atom. The highest BCUT2D eigenvalue weighted by atomic mass is 35.5.